The zero-order valence-electron chi connectivity index (χ0n) is 10.3. The third kappa shape index (κ3) is 3.38. The summed E-state index contributed by atoms with van der Waals surface area (Å²) in [5, 5.41) is 0. The quantitative estimate of drug-likeness (QED) is 0.927. The van der Waals surface area contributed by atoms with E-state index in [2.05, 4.69) is 24.8 Å². The van der Waals surface area contributed by atoms with Crippen LogP contribution in [0.15, 0.2) is 12.1 Å². The normalized spacial score (nSPS) is 22.6. The summed E-state index contributed by atoms with van der Waals surface area (Å²) in [5.74, 6) is 1.18. The van der Waals surface area contributed by atoms with Crippen LogP contribution in [0.3, 0.4) is 0 Å². The van der Waals surface area contributed by atoms with Gasteiger partial charge in [-0.15, -0.1) is 11.3 Å². The number of nitrogens with two attached hydrogens (primary N) is 1. The number of thiophene rings is 1. The summed E-state index contributed by atoms with van der Waals surface area (Å²) in [7, 11) is 0. The third-order valence-corrected chi connectivity index (χ3v) is 5.67. The minimum atomic E-state index is 0.326. The molecule has 2 nitrogen and oxygen atoms in total. The fraction of sp³-hybridized carbons (Fsp3) is 0.667. The van der Waals surface area contributed by atoms with Gasteiger partial charge in [-0.05, 0) is 26.0 Å². The lowest BCUT2D eigenvalue weighted by atomic mass is 10.1. The van der Waals surface area contributed by atoms with Crippen LogP contribution in [0.2, 0.25) is 4.34 Å². The number of hydrogen-bond acceptors (Lipinski definition) is 4. The maximum absolute atomic E-state index is 6.01. The summed E-state index contributed by atoms with van der Waals surface area (Å²) in [6.07, 6.45) is 0. The summed E-state index contributed by atoms with van der Waals surface area (Å²) in [4.78, 5) is 3.79. The first kappa shape index (κ1) is 13.7. The van der Waals surface area contributed by atoms with Crippen molar-refractivity contribution in [2.45, 2.75) is 24.6 Å². The summed E-state index contributed by atoms with van der Waals surface area (Å²) in [6.45, 7) is 7.48. The molecule has 1 unspecified atom stereocenters. The molecule has 1 aromatic heterocycles. The lowest BCUT2D eigenvalue weighted by Crippen LogP contribution is -2.46. The monoisotopic (exact) mass is 290 g/mol. The minimum absolute atomic E-state index is 0.326. The van der Waals surface area contributed by atoms with Crippen molar-refractivity contribution in [3.63, 3.8) is 0 Å². The maximum atomic E-state index is 6.01. The van der Waals surface area contributed by atoms with Crippen molar-refractivity contribution in [2.24, 2.45) is 5.73 Å². The highest BCUT2D eigenvalue weighted by atomic mass is 35.5. The van der Waals surface area contributed by atoms with Gasteiger partial charge in [0, 0.05) is 35.0 Å². The maximum Gasteiger partial charge on any atom is 0.0931 e. The van der Waals surface area contributed by atoms with Crippen LogP contribution in [0.25, 0.3) is 0 Å². The van der Waals surface area contributed by atoms with Crippen molar-refractivity contribution in [1.82, 2.24) is 4.90 Å². The van der Waals surface area contributed by atoms with E-state index in [-0.39, 0.29) is 0 Å². The molecule has 2 heterocycles. The fourth-order valence-corrected chi connectivity index (χ4v) is 4.62. The van der Waals surface area contributed by atoms with Gasteiger partial charge in [0.25, 0.3) is 0 Å². The third-order valence-electron chi connectivity index (χ3n) is 3.04. The van der Waals surface area contributed by atoms with Gasteiger partial charge in [-0.3, -0.25) is 4.90 Å². The number of rotatable bonds is 3. The molecule has 17 heavy (non-hydrogen) atoms. The first-order valence-electron chi connectivity index (χ1n) is 5.85. The first-order chi connectivity index (χ1) is 8.02. The number of hydrogen-bond donors (Lipinski definition) is 1. The van der Waals surface area contributed by atoms with Crippen molar-refractivity contribution >= 4 is 34.7 Å². The van der Waals surface area contributed by atoms with Gasteiger partial charge >= 0.3 is 0 Å². The van der Waals surface area contributed by atoms with E-state index in [4.69, 9.17) is 17.3 Å². The molecule has 0 aliphatic carbocycles. The zero-order valence-corrected chi connectivity index (χ0v) is 12.7. The second kappa shape index (κ2) is 5.49. The van der Waals surface area contributed by atoms with Gasteiger partial charge in [-0.25, -0.2) is 0 Å². The van der Waals surface area contributed by atoms with Crippen molar-refractivity contribution in [1.29, 1.82) is 0 Å². The predicted octanol–water partition coefficient (Wildman–Crippen LogP) is 3.23. The second-order valence-corrected chi connectivity index (χ2v) is 8.52. The van der Waals surface area contributed by atoms with Gasteiger partial charge in [0.15, 0.2) is 0 Å². The summed E-state index contributed by atoms with van der Waals surface area (Å²) in [5.41, 5.74) is 5.95. The second-order valence-electron chi connectivity index (χ2n) is 4.97. The molecule has 0 aromatic carbocycles. The standard InChI is InChI=1S/C12H19ClN2S2/c1-12(2)8-15(5-6-16-12)9(7-14)10-3-4-11(13)17-10/h3-4,9H,5-8,14H2,1-2H3. The lowest BCUT2D eigenvalue weighted by Gasteiger charge is -2.41. The van der Waals surface area contributed by atoms with Gasteiger partial charge in [0.1, 0.15) is 0 Å². The average molecular weight is 291 g/mol. The van der Waals surface area contributed by atoms with Crippen LogP contribution < -0.4 is 5.73 Å². The van der Waals surface area contributed by atoms with Crippen LogP contribution in [0, 0.1) is 0 Å². The van der Waals surface area contributed by atoms with E-state index in [1.807, 2.05) is 17.8 Å². The van der Waals surface area contributed by atoms with E-state index in [1.165, 1.54) is 10.6 Å². The van der Waals surface area contributed by atoms with Crippen molar-refractivity contribution < 1.29 is 0 Å². The first-order valence-corrected chi connectivity index (χ1v) is 8.03. The Bertz CT molecular complexity index is 378. The molecule has 1 aromatic rings. The van der Waals surface area contributed by atoms with Gasteiger partial charge in [0.2, 0.25) is 0 Å². The van der Waals surface area contributed by atoms with Crippen molar-refractivity contribution in [3.05, 3.63) is 21.3 Å². The molecule has 0 bridgehead atoms. The molecule has 0 spiro atoms. The highest BCUT2D eigenvalue weighted by Crippen LogP contribution is 2.36. The summed E-state index contributed by atoms with van der Waals surface area (Å²) < 4.78 is 1.18. The molecule has 1 aliphatic heterocycles. The Morgan fingerprint density at radius 1 is 1.53 bits per heavy atom. The van der Waals surface area contributed by atoms with Crippen LogP contribution in [0.4, 0.5) is 0 Å². The van der Waals surface area contributed by atoms with Crippen molar-refractivity contribution in [2.75, 3.05) is 25.4 Å². The molecule has 0 saturated carbocycles. The number of thioether (sulfide) groups is 1. The van der Waals surface area contributed by atoms with E-state index in [0.717, 1.165) is 17.4 Å². The average Bonchev–Trinajstić information content (AvgIpc) is 2.64. The largest absolute Gasteiger partial charge is 0.329 e. The van der Waals surface area contributed by atoms with Crippen LogP contribution in [0.1, 0.15) is 24.8 Å². The summed E-state index contributed by atoms with van der Waals surface area (Å²) >= 11 is 9.71. The zero-order chi connectivity index (χ0) is 12.5. The number of halogens is 1. The van der Waals surface area contributed by atoms with Crippen LogP contribution in [-0.4, -0.2) is 35.0 Å². The van der Waals surface area contributed by atoms with E-state index >= 15 is 0 Å². The minimum Gasteiger partial charge on any atom is -0.329 e. The Morgan fingerprint density at radius 2 is 2.29 bits per heavy atom. The molecular weight excluding hydrogens is 272 g/mol. The van der Waals surface area contributed by atoms with E-state index in [9.17, 15) is 0 Å². The molecule has 2 N–H and O–H groups in total. The van der Waals surface area contributed by atoms with Gasteiger partial charge in [-0.1, -0.05) is 11.6 Å². The molecule has 1 aliphatic rings. The fourth-order valence-electron chi connectivity index (χ4n) is 2.27. The Morgan fingerprint density at radius 3 is 2.82 bits per heavy atom. The Balaban J connectivity index is 2.13. The smallest absolute Gasteiger partial charge is 0.0931 e. The predicted molar refractivity (Wildman–Crippen MR) is 79.2 cm³/mol. The Kier molecular flexibility index (Phi) is 4.42. The van der Waals surface area contributed by atoms with E-state index in [0.29, 0.717) is 17.3 Å². The molecule has 0 radical (unpaired) electrons. The van der Waals surface area contributed by atoms with Gasteiger partial charge < -0.3 is 5.73 Å². The highest BCUT2D eigenvalue weighted by Gasteiger charge is 2.31. The van der Waals surface area contributed by atoms with Gasteiger partial charge in [0.05, 0.1) is 10.4 Å². The molecule has 1 fully saturated rings. The van der Waals surface area contributed by atoms with Crippen molar-refractivity contribution in [3.8, 4) is 0 Å². The molecule has 2 rings (SSSR count). The van der Waals surface area contributed by atoms with Crippen LogP contribution >= 0.6 is 34.7 Å². The molecule has 5 heteroatoms. The summed E-state index contributed by atoms with van der Waals surface area (Å²) in [6, 6.07) is 4.40. The molecular formula is C12H19ClN2S2. The highest BCUT2D eigenvalue weighted by molar-refractivity contribution is 8.00. The Labute approximate surface area is 117 Å². The van der Waals surface area contributed by atoms with E-state index < -0.39 is 0 Å². The molecule has 0 amide bonds. The van der Waals surface area contributed by atoms with Gasteiger partial charge in [-0.2, -0.15) is 11.8 Å². The lowest BCUT2D eigenvalue weighted by molar-refractivity contribution is 0.195. The topological polar surface area (TPSA) is 29.3 Å². The van der Waals surface area contributed by atoms with Crippen LogP contribution in [0.5, 0.6) is 0 Å². The Hall–Kier alpha value is 0.260. The van der Waals surface area contributed by atoms with E-state index in [1.54, 1.807) is 11.3 Å². The molecule has 1 atom stereocenters. The molecule has 1 saturated heterocycles. The number of nitrogens with zero attached hydrogens (tertiary/aromatic N) is 1. The SMILES string of the molecule is CC1(C)CN(C(CN)c2ccc(Cl)s2)CCS1. The molecule has 96 valence electrons. The van der Waals surface area contributed by atoms with Crippen LogP contribution in [-0.2, 0) is 0 Å².